The molecular weight excluding hydrogens is 345 g/mol. The Labute approximate surface area is 139 Å². The Morgan fingerprint density at radius 2 is 2.08 bits per heavy atom. The maximum atomic E-state index is 12.6. The summed E-state index contributed by atoms with van der Waals surface area (Å²) in [6.07, 6.45) is -2.70. The fourth-order valence-corrected chi connectivity index (χ4v) is 2.11. The van der Waals surface area contributed by atoms with E-state index >= 15 is 0 Å². The summed E-state index contributed by atoms with van der Waals surface area (Å²) < 4.78 is 43.0. The minimum absolute atomic E-state index is 0.00450. The van der Waals surface area contributed by atoms with E-state index in [0.717, 1.165) is 12.1 Å². The number of aromatic nitrogens is 2. The van der Waals surface area contributed by atoms with Gasteiger partial charge in [0.15, 0.2) is 6.61 Å². The van der Waals surface area contributed by atoms with Gasteiger partial charge in [0.05, 0.1) is 5.56 Å². The van der Waals surface area contributed by atoms with Crippen LogP contribution in [0.2, 0.25) is 0 Å². The molecule has 1 aromatic carbocycles. The minimum Gasteiger partial charge on any atom is -0.467 e. The van der Waals surface area contributed by atoms with Gasteiger partial charge in [0.25, 0.3) is 5.91 Å². The van der Waals surface area contributed by atoms with E-state index in [1.807, 2.05) is 0 Å². The molecule has 24 heavy (non-hydrogen) atoms. The van der Waals surface area contributed by atoms with Crippen LogP contribution in [-0.2, 0) is 11.0 Å². The van der Waals surface area contributed by atoms with E-state index < -0.39 is 24.3 Å². The number of ether oxygens (including phenoxy) is 1. The third-order valence-corrected chi connectivity index (χ3v) is 3.36. The van der Waals surface area contributed by atoms with Crippen LogP contribution in [0.5, 0.6) is 5.88 Å². The van der Waals surface area contributed by atoms with Crippen molar-refractivity contribution in [3.05, 3.63) is 35.9 Å². The molecule has 1 heterocycles. The van der Waals surface area contributed by atoms with Crippen molar-refractivity contribution in [2.45, 2.75) is 11.2 Å². The third kappa shape index (κ3) is 5.01. The average Bonchev–Trinajstić information content (AvgIpc) is 2.52. The van der Waals surface area contributed by atoms with Crippen LogP contribution in [0, 0.1) is 0 Å². The topological polar surface area (TPSA) is 90.1 Å². The summed E-state index contributed by atoms with van der Waals surface area (Å²) in [5.74, 6) is -0.529. The van der Waals surface area contributed by atoms with Gasteiger partial charge in [-0.25, -0.2) is 4.98 Å². The monoisotopic (exact) mass is 358 g/mol. The molecule has 0 fully saturated rings. The minimum atomic E-state index is -4.48. The molecule has 0 spiro atoms. The molecule has 0 bridgehead atoms. The van der Waals surface area contributed by atoms with Crippen molar-refractivity contribution in [1.29, 1.82) is 0 Å². The van der Waals surface area contributed by atoms with E-state index in [1.54, 1.807) is 6.26 Å². The number of benzene rings is 1. The van der Waals surface area contributed by atoms with Crippen molar-refractivity contribution in [1.82, 2.24) is 9.97 Å². The Hall–Kier alpha value is -2.49. The smallest absolute Gasteiger partial charge is 0.416 e. The number of anilines is 2. The maximum absolute atomic E-state index is 12.6. The molecular formula is C14H13F3N4O2S. The van der Waals surface area contributed by atoms with Gasteiger partial charge in [-0.15, -0.1) is 11.8 Å². The van der Waals surface area contributed by atoms with Crippen LogP contribution < -0.4 is 15.8 Å². The van der Waals surface area contributed by atoms with E-state index in [4.69, 9.17) is 10.5 Å². The molecule has 3 N–H and O–H groups in total. The van der Waals surface area contributed by atoms with Crippen LogP contribution in [-0.4, -0.2) is 28.7 Å². The Balaban J connectivity index is 1.98. The number of halogens is 3. The number of amides is 1. The Morgan fingerprint density at radius 1 is 1.33 bits per heavy atom. The zero-order valence-electron chi connectivity index (χ0n) is 12.4. The molecule has 10 heteroatoms. The number of hydrogen-bond donors (Lipinski definition) is 2. The highest BCUT2D eigenvalue weighted by Gasteiger charge is 2.30. The second-order valence-electron chi connectivity index (χ2n) is 4.52. The van der Waals surface area contributed by atoms with Crippen LogP contribution in [0.1, 0.15) is 5.56 Å². The first-order valence-electron chi connectivity index (χ1n) is 6.56. The van der Waals surface area contributed by atoms with E-state index in [1.165, 1.54) is 30.0 Å². The highest BCUT2D eigenvalue weighted by molar-refractivity contribution is 7.98. The van der Waals surface area contributed by atoms with Gasteiger partial charge in [-0.05, 0) is 24.5 Å². The van der Waals surface area contributed by atoms with Crippen molar-refractivity contribution in [3.8, 4) is 5.88 Å². The standard InChI is InChI=1S/C14H13F3N4O2S/c1-24-12-6-11(20-13(18)21-12)23-7-10(22)19-9-4-2-3-8(5-9)14(15,16)17/h2-6H,7H2,1H3,(H,19,22)(H2,18,20,21). The number of nitrogens with one attached hydrogen (secondary N) is 1. The number of nitrogens with zero attached hydrogens (tertiary/aromatic N) is 2. The largest absolute Gasteiger partial charge is 0.467 e. The molecule has 0 aliphatic rings. The van der Waals surface area contributed by atoms with Gasteiger partial charge in [0.2, 0.25) is 11.8 Å². The highest BCUT2D eigenvalue weighted by Crippen LogP contribution is 2.30. The molecule has 128 valence electrons. The molecule has 0 saturated carbocycles. The number of carbonyl (C=O) groups is 1. The van der Waals surface area contributed by atoms with Crippen molar-refractivity contribution in [2.24, 2.45) is 0 Å². The summed E-state index contributed by atoms with van der Waals surface area (Å²) in [7, 11) is 0. The number of thioether (sulfide) groups is 1. The predicted octanol–water partition coefficient (Wildman–Crippen LogP) is 2.82. The van der Waals surface area contributed by atoms with Crippen LogP contribution in [0.4, 0.5) is 24.8 Å². The van der Waals surface area contributed by atoms with Gasteiger partial charge in [0, 0.05) is 11.8 Å². The fourth-order valence-electron chi connectivity index (χ4n) is 1.71. The number of alkyl halides is 3. The fraction of sp³-hybridized carbons (Fsp3) is 0.214. The first kappa shape index (κ1) is 17.9. The molecule has 0 radical (unpaired) electrons. The van der Waals surface area contributed by atoms with Crippen molar-refractivity contribution in [2.75, 3.05) is 23.9 Å². The second kappa shape index (κ2) is 7.39. The lowest BCUT2D eigenvalue weighted by atomic mass is 10.2. The summed E-state index contributed by atoms with van der Waals surface area (Å²) in [6.45, 7) is -0.430. The van der Waals surface area contributed by atoms with E-state index in [-0.39, 0.29) is 17.5 Å². The maximum Gasteiger partial charge on any atom is 0.416 e. The lowest BCUT2D eigenvalue weighted by molar-refractivity contribution is -0.137. The van der Waals surface area contributed by atoms with Gasteiger partial charge in [0.1, 0.15) is 5.03 Å². The van der Waals surface area contributed by atoms with Gasteiger partial charge < -0.3 is 15.8 Å². The number of nitrogens with two attached hydrogens (primary N) is 1. The van der Waals surface area contributed by atoms with Gasteiger partial charge in [-0.1, -0.05) is 6.07 Å². The molecule has 2 rings (SSSR count). The van der Waals surface area contributed by atoms with Crippen LogP contribution >= 0.6 is 11.8 Å². The van der Waals surface area contributed by atoms with Crippen LogP contribution in [0.25, 0.3) is 0 Å². The predicted molar refractivity (Wildman–Crippen MR) is 83.8 cm³/mol. The van der Waals surface area contributed by atoms with Gasteiger partial charge >= 0.3 is 6.18 Å². The van der Waals surface area contributed by atoms with Crippen molar-refractivity contribution in [3.63, 3.8) is 0 Å². The molecule has 1 amide bonds. The van der Waals surface area contributed by atoms with E-state index in [9.17, 15) is 18.0 Å². The Morgan fingerprint density at radius 3 is 2.75 bits per heavy atom. The highest BCUT2D eigenvalue weighted by atomic mass is 32.2. The van der Waals surface area contributed by atoms with Crippen molar-refractivity contribution >= 4 is 29.3 Å². The first-order chi connectivity index (χ1) is 11.3. The number of carbonyl (C=O) groups excluding carboxylic acids is 1. The lowest BCUT2D eigenvalue weighted by Crippen LogP contribution is -2.21. The van der Waals surface area contributed by atoms with E-state index in [2.05, 4.69) is 15.3 Å². The summed E-state index contributed by atoms with van der Waals surface area (Å²) in [5.41, 5.74) is 4.67. The summed E-state index contributed by atoms with van der Waals surface area (Å²) in [6, 6.07) is 5.81. The molecule has 0 aliphatic heterocycles. The number of hydrogen-bond acceptors (Lipinski definition) is 6. The van der Waals surface area contributed by atoms with Crippen LogP contribution in [0.15, 0.2) is 35.4 Å². The quantitative estimate of drug-likeness (QED) is 0.631. The summed E-state index contributed by atoms with van der Waals surface area (Å²) in [4.78, 5) is 19.5. The number of rotatable bonds is 5. The molecule has 1 aromatic heterocycles. The van der Waals surface area contributed by atoms with Gasteiger partial charge in [-0.3, -0.25) is 4.79 Å². The Bertz CT molecular complexity index is 740. The SMILES string of the molecule is CSc1cc(OCC(=O)Nc2cccc(C(F)(F)F)c2)nc(N)n1. The lowest BCUT2D eigenvalue weighted by Gasteiger charge is -2.10. The third-order valence-electron chi connectivity index (χ3n) is 2.73. The first-order valence-corrected chi connectivity index (χ1v) is 7.79. The second-order valence-corrected chi connectivity index (χ2v) is 5.35. The molecule has 2 aromatic rings. The van der Waals surface area contributed by atoms with Gasteiger partial charge in [-0.2, -0.15) is 18.2 Å². The molecule has 0 saturated heterocycles. The molecule has 0 aliphatic carbocycles. The molecule has 0 unspecified atom stereocenters. The zero-order chi connectivity index (χ0) is 17.7. The molecule has 0 atom stereocenters. The normalized spacial score (nSPS) is 11.2. The molecule has 6 nitrogen and oxygen atoms in total. The van der Waals surface area contributed by atoms with Crippen molar-refractivity contribution < 1.29 is 22.7 Å². The summed E-state index contributed by atoms with van der Waals surface area (Å²) >= 11 is 1.32. The zero-order valence-corrected chi connectivity index (χ0v) is 13.2. The Kier molecular flexibility index (Phi) is 5.50. The average molecular weight is 358 g/mol. The number of nitrogen functional groups attached to an aromatic ring is 1. The van der Waals surface area contributed by atoms with E-state index in [0.29, 0.717) is 5.03 Å². The van der Waals surface area contributed by atoms with Crippen LogP contribution in [0.3, 0.4) is 0 Å². The summed E-state index contributed by atoms with van der Waals surface area (Å²) in [5, 5.41) is 2.89.